The van der Waals surface area contributed by atoms with Crippen molar-refractivity contribution in [3.63, 3.8) is 0 Å². The number of nitrogens with zero attached hydrogens (tertiary/aromatic N) is 1. The first-order chi connectivity index (χ1) is 12.0. The highest BCUT2D eigenvalue weighted by molar-refractivity contribution is 5.31. The van der Waals surface area contributed by atoms with Crippen molar-refractivity contribution in [3.8, 4) is 11.8 Å². The van der Waals surface area contributed by atoms with E-state index in [0.717, 1.165) is 32.1 Å². The Bertz CT molecular complexity index is 688. The second-order valence-electron chi connectivity index (χ2n) is 6.81. The van der Waals surface area contributed by atoms with E-state index in [4.69, 9.17) is 5.48 Å². The highest BCUT2D eigenvalue weighted by atomic mass is 16.3. The zero-order valence-corrected chi connectivity index (χ0v) is 13.4. The summed E-state index contributed by atoms with van der Waals surface area (Å²) >= 11 is 0. The molecule has 1 saturated carbocycles. The molecule has 1 aromatic carbocycles. The number of hydrogen-bond donors (Lipinski definition) is 1. The van der Waals surface area contributed by atoms with Crippen molar-refractivity contribution in [2.24, 2.45) is 5.92 Å². The van der Waals surface area contributed by atoms with Crippen molar-refractivity contribution in [2.75, 3.05) is 0 Å². The number of fused-ring (bicyclic) bond motifs is 1. The highest BCUT2D eigenvalue weighted by Crippen LogP contribution is 2.33. The van der Waals surface area contributed by atoms with Gasteiger partial charge in [-0.2, -0.15) is 0 Å². The summed E-state index contributed by atoms with van der Waals surface area (Å²) in [4.78, 5) is 1.30. The minimum absolute atomic E-state index is 0.0954. The van der Waals surface area contributed by atoms with Crippen LogP contribution in [-0.4, -0.2) is 21.6 Å². The second-order valence-corrected chi connectivity index (χ2v) is 6.81. The molecule has 0 amide bonds. The summed E-state index contributed by atoms with van der Waals surface area (Å²) in [5, 5.41) is 10.1. The van der Waals surface area contributed by atoms with Gasteiger partial charge in [0.2, 0.25) is 0 Å². The molecule has 0 bridgehead atoms. The monoisotopic (exact) mass is 301 g/mol. The molecule has 22 heavy (non-hydrogen) atoms. The minimum atomic E-state index is -1.95. The van der Waals surface area contributed by atoms with Crippen LogP contribution in [0.3, 0.4) is 0 Å². The zero-order valence-electron chi connectivity index (χ0n) is 17.4. The first-order valence-electron chi connectivity index (χ1n) is 10.2. The van der Waals surface area contributed by atoms with Crippen molar-refractivity contribution in [2.45, 2.75) is 70.6 Å². The standard InChI is InChI=1S/C20H27NO/c1-20(2,22)13-12-19(16-8-4-3-5-9-16)21-14-17-10-6-7-11-18(17)15-21/h6-7,10-11,16,19,22H,3-5,8-9,14-15H2,1-2H3/i14D2,15D2. The van der Waals surface area contributed by atoms with Crippen molar-refractivity contribution >= 4 is 0 Å². The lowest BCUT2D eigenvalue weighted by molar-refractivity contribution is 0.139. The fraction of sp³-hybridized carbons (Fsp3) is 0.600. The largest absolute Gasteiger partial charge is 0.378 e. The average molecular weight is 301 g/mol. The van der Waals surface area contributed by atoms with Crippen LogP contribution in [0.5, 0.6) is 0 Å². The van der Waals surface area contributed by atoms with Crippen LogP contribution < -0.4 is 0 Å². The predicted molar refractivity (Wildman–Crippen MR) is 90.1 cm³/mol. The summed E-state index contributed by atoms with van der Waals surface area (Å²) in [6, 6.07) is 6.23. The van der Waals surface area contributed by atoms with Gasteiger partial charge in [0.1, 0.15) is 5.60 Å². The predicted octanol–water partition coefficient (Wildman–Crippen LogP) is 3.73. The highest BCUT2D eigenvalue weighted by Gasteiger charge is 2.31. The third kappa shape index (κ3) is 3.72. The molecular formula is C20H27NO. The molecule has 1 unspecified atom stereocenters. The van der Waals surface area contributed by atoms with E-state index < -0.39 is 24.6 Å². The van der Waals surface area contributed by atoms with Crippen LogP contribution in [0.4, 0.5) is 0 Å². The van der Waals surface area contributed by atoms with E-state index in [-0.39, 0.29) is 5.92 Å². The third-order valence-electron chi connectivity index (χ3n) is 4.31. The molecule has 118 valence electrons. The molecule has 0 saturated heterocycles. The van der Waals surface area contributed by atoms with Gasteiger partial charge in [-0.1, -0.05) is 55.4 Å². The first kappa shape index (κ1) is 11.3. The summed E-state index contributed by atoms with van der Waals surface area (Å²) in [5.74, 6) is 5.99. The molecule has 1 heterocycles. The Morgan fingerprint density at radius 3 is 2.32 bits per heavy atom. The van der Waals surface area contributed by atoms with Gasteiger partial charge in [-0.25, -0.2) is 0 Å². The van der Waals surface area contributed by atoms with Gasteiger partial charge in [0.15, 0.2) is 0 Å². The molecule has 2 nitrogen and oxygen atoms in total. The van der Waals surface area contributed by atoms with Crippen LogP contribution in [-0.2, 0) is 13.0 Å². The summed E-state index contributed by atoms with van der Waals surface area (Å²) in [6.07, 6.45) is 5.08. The maximum absolute atomic E-state index is 10.1. The third-order valence-corrected chi connectivity index (χ3v) is 4.31. The average Bonchev–Trinajstić information content (AvgIpc) is 2.73. The normalized spacial score (nSPS) is 28.3. The van der Waals surface area contributed by atoms with E-state index in [1.165, 1.54) is 4.90 Å². The number of rotatable bonds is 2. The SMILES string of the molecule is [2H]C1([2H])c2ccccc2C([2H])([2H])N1C(C#CC(C)(C)O)C1CCCCC1. The summed E-state index contributed by atoms with van der Waals surface area (Å²) < 4.78 is 34.7. The molecule has 0 spiro atoms. The van der Waals surface area contributed by atoms with Crippen LogP contribution >= 0.6 is 0 Å². The zero-order chi connectivity index (χ0) is 19.2. The van der Waals surface area contributed by atoms with Crippen LogP contribution in [0, 0.1) is 17.8 Å². The fourth-order valence-corrected chi connectivity index (χ4v) is 3.20. The van der Waals surface area contributed by atoms with Gasteiger partial charge in [-0.05, 0) is 43.7 Å². The van der Waals surface area contributed by atoms with Gasteiger partial charge in [-0.15, -0.1) is 0 Å². The molecule has 1 fully saturated rings. The topological polar surface area (TPSA) is 23.5 Å². The molecule has 0 radical (unpaired) electrons. The van der Waals surface area contributed by atoms with Gasteiger partial charge in [0.25, 0.3) is 0 Å². The molecule has 1 aliphatic carbocycles. The van der Waals surface area contributed by atoms with E-state index in [9.17, 15) is 5.11 Å². The van der Waals surface area contributed by atoms with E-state index in [2.05, 4.69) is 11.8 Å². The van der Waals surface area contributed by atoms with Gasteiger partial charge in [-0.3, -0.25) is 4.90 Å². The van der Waals surface area contributed by atoms with Gasteiger partial charge >= 0.3 is 0 Å². The fourth-order valence-electron chi connectivity index (χ4n) is 3.20. The van der Waals surface area contributed by atoms with E-state index in [0.29, 0.717) is 11.1 Å². The van der Waals surface area contributed by atoms with E-state index in [1.54, 1.807) is 38.1 Å². The second kappa shape index (κ2) is 6.44. The minimum Gasteiger partial charge on any atom is -0.378 e. The molecule has 2 heteroatoms. The van der Waals surface area contributed by atoms with Crippen molar-refractivity contribution < 1.29 is 10.6 Å². The summed E-state index contributed by atoms with van der Waals surface area (Å²) in [7, 11) is 0. The molecule has 1 N–H and O–H groups in total. The first-order valence-corrected chi connectivity index (χ1v) is 8.19. The van der Waals surface area contributed by atoms with Crippen LogP contribution in [0.15, 0.2) is 24.3 Å². The van der Waals surface area contributed by atoms with Gasteiger partial charge < -0.3 is 5.11 Å². The Labute approximate surface area is 140 Å². The molecule has 1 aliphatic heterocycles. The Morgan fingerprint density at radius 1 is 1.18 bits per heavy atom. The summed E-state index contributed by atoms with van der Waals surface area (Å²) in [6.45, 7) is -0.702. The van der Waals surface area contributed by atoms with Crippen molar-refractivity contribution in [1.82, 2.24) is 4.90 Å². The Kier molecular flexibility index (Phi) is 3.30. The maximum atomic E-state index is 10.1. The number of hydrogen-bond acceptors (Lipinski definition) is 2. The Morgan fingerprint density at radius 2 is 1.77 bits per heavy atom. The molecule has 1 aromatic rings. The smallest absolute Gasteiger partial charge is 0.120 e. The van der Waals surface area contributed by atoms with Crippen molar-refractivity contribution in [1.29, 1.82) is 0 Å². The van der Waals surface area contributed by atoms with Crippen LogP contribution in [0.2, 0.25) is 0 Å². The quantitative estimate of drug-likeness (QED) is 0.842. The van der Waals surface area contributed by atoms with Gasteiger partial charge in [0, 0.05) is 18.5 Å². The van der Waals surface area contributed by atoms with Gasteiger partial charge in [0.05, 0.1) is 6.04 Å². The van der Waals surface area contributed by atoms with Crippen LogP contribution in [0.25, 0.3) is 0 Å². The van der Waals surface area contributed by atoms with E-state index in [1.807, 2.05) is 0 Å². The Hall–Kier alpha value is -1.30. The maximum Gasteiger partial charge on any atom is 0.120 e. The number of benzene rings is 1. The molecule has 1 atom stereocenters. The molecular weight excluding hydrogens is 270 g/mol. The van der Waals surface area contributed by atoms with E-state index >= 15 is 0 Å². The number of aliphatic hydroxyl groups is 1. The van der Waals surface area contributed by atoms with Crippen molar-refractivity contribution in [3.05, 3.63) is 35.4 Å². The molecule has 0 aromatic heterocycles. The lowest BCUT2D eigenvalue weighted by atomic mass is 9.83. The lowest BCUT2D eigenvalue weighted by Crippen LogP contribution is -2.37. The van der Waals surface area contributed by atoms with Crippen LogP contribution in [0.1, 0.15) is 62.6 Å². The Balaban J connectivity index is 2.09. The lowest BCUT2D eigenvalue weighted by Gasteiger charge is -2.33. The molecule has 3 rings (SSSR count). The summed E-state index contributed by atoms with van der Waals surface area (Å²) in [5.41, 5.74) is -0.453. The molecule has 2 aliphatic rings.